The fraction of sp³-hybridized carbons (Fsp3) is 0.700. The average Bonchev–Trinajstić information content (AvgIpc) is 2.68. The lowest BCUT2D eigenvalue weighted by atomic mass is 10.1. The smallest absolute Gasteiger partial charge is 0.228 e. The van der Waals surface area contributed by atoms with Gasteiger partial charge in [-0.2, -0.15) is 10.2 Å². The van der Waals surface area contributed by atoms with Crippen LogP contribution in [0.2, 0.25) is 0 Å². The first kappa shape index (κ1) is 11.7. The van der Waals surface area contributed by atoms with Crippen molar-refractivity contribution in [3.63, 3.8) is 0 Å². The highest BCUT2D eigenvalue weighted by atomic mass is 16.5. The molecular weight excluding hydrogens is 194 g/mol. The molecule has 1 heterocycles. The molecule has 0 radical (unpaired) electrons. The average molecular weight is 209 g/mol. The minimum Gasteiger partial charge on any atom is -0.373 e. The molecule has 2 atom stereocenters. The summed E-state index contributed by atoms with van der Waals surface area (Å²) < 4.78 is 10.2. The Hall–Kier alpha value is -1.41. The summed E-state index contributed by atoms with van der Waals surface area (Å²) in [5.74, 6) is 0.940. The van der Waals surface area contributed by atoms with Crippen molar-refractivity contribution in [2.24, 2.45) is 5.92 Å². The Morgan fingerprint density at radius 3 is 2.87 bits per heavy atom. The van der Waals surface area contributed by atoms with Gasteiger partial charge in [-0.25, -0.2) is 0 Å². The Balaban J connectivity index is 2.68. The summed E-state index contributed by atoms with van der Waals surface area (Å²) in [5, 5.41) is 12.5. The molecule has 0 aliphatic rings. The van der Waals surface area contributed by atoms with E-state index in [4.69, 9.17) is 14.5 Å². The van der Waals surface area contributed by atoms with Crippen LogP contribution in [-0.2, 0) is 11.2 Å². The Labute approximate surface area is 89.0 Å². The van der Waals surface area contributed by atoms with Crippen LogP contribution in [0, 0.1) is 17.2 Å². The van der Waals surface area contributed by atoms with Crippen molar-refractivity contribution in [1.82, 2.24) is 10.1 Å². The topological polar surface area (TPSA) is 71.9 Å². The largest absolute Gasteiger partial charge is 0.373 e. The summed E-state index contributed by atoms with van der Waals surface area (Å²) in [6.45, 7) is 3.81. The number of hydrogen-bond acceptors (Lipinski definition) is 5. The summed E-state index contributed by atoms with van der Waals surface area (Å²) in [5.41, 5.74) is 0. The first-order valence-electron chi connectivity index (χ1n) is 4.96. The van der Waals surface area contributed by atoms with Crippen LogP contribution in [0.4, 0.5) is 0 Å². The van der Waals surface area contributed by atoms with Crippen molar-refractivity contribution in [3.8, 4) is 6.07 Å². The van der Waals surface area contributed by atoms with Gasteiger partial charge in [0.25, 0.3) is 0 Å². The van der Waals surface area contributed by atoms with Gasteiger partial charge in [0.2, 0.25) is 11.7 Å². The molecule has 5 nitrogen and oxygen atoms in total. The minimum atomic E-state index is -0.125. The van der Waals surface area contributed by atoms with Crippen LogP contribution in [0.5, 0.6) is 0 Å². The summed E-state index contributed by atoms with van der Waals surface area (Å²) in [4.78, 5) is 4.19. The molecule has 1 aromatic heterocycles. The third-order valence-electron chi connectivity index (χ3n) is 2.13. The number of nitriles is 1. The van der Waals surface area contributed by atoms with Gasteiger partial charge in [-0.1, -0.05) is 12.1 Å². The molecule has 1 aromatic rings. The standard InChI is InChI=1S/C10H15N3O2/c1-4-8(14-3)10-12-9(15-13-10)5-7(2)6-11/h7-8H,4-5H2,1-3H3. The molecule has 0 aliphatic carbocycles. The number of ether oxygens (including phenoxy) is 1. The third-order valence-corrected chi connectivity index (χ3v) is 2.13. The maximum Gasteiger partial charge on any atom is 0.228 e. The first-order chi connectivity index (χ1) is 7.21. The fourth-order valence-corrected chi connectivity index (χ4v) is 1.24. The van der Waals surface area contributed by atoms with E-state index in [1.165, 1.54) is 0 Å². The van der Waals surface area contributed by atoms with Crippen LogP contribution in [-0.4, -0.2) is 17.3 Å². The molecule has 0 saturated heterocycles. The second kappa shape index (κ2) is 5.47. The SMILES string of the molecule is CCC(OC)c1noc(CC(C)C#N)n1. The Morgan fingerprint density at radius 2 is 2.33 bits per heavy atom. The lowest BCUT2D eigenvalue weighted by Gasteiger charge is -2.06. The molecule has 82 valence electrons. The molecule has 0 spiro atoms. The van der Waals surface area contributed by atoms with Crippen LogP contribution in [0.25, 0.3) is 0 Å². The van der Waals surface area contributed by atoms with E-state index >= 15 is 0 Å². The van der Waals surface area contributed by atoms with E-state index in [-0.39, 0.29) is 12.0 Å². The lowest BCUT2D eigenvalue weighted by Crippen LogP contribution is -2.02. The first-order valence-corrected chi connectivity index (χ1v) is 4.96. The van der Waals surface area contributed by atoms with Crippen LogP contribution in [0.1, 0.15) is 38.1 Å². The molecule has 0 saturated carbocycles. The van der Waals surface area contributed by atoms with E-state index in [1.54, 1.807) is 7.11 Å². The lowest BCUT2D eigenvalue weighted by molar-refractivity contribution is 0.0903. The maximum atomic E-state index is 8.64. The number of aromatic nitrogens is 2. The molecule has 0 aromatic carbocycles. The zero-order valence-electron chi connectivity index (χ0n) is 9.23. The van der Waals surface area contributed by atoms with E-state index in [9.17, 15) is 0 Å². The van der Waals surface area contributed by atoms with Gasteiger partial charge in [0.1, 0.15) is 6.10 Å². The Morgan fingerprint density at radius 1 is 1.60 bits per heavy atom. The highest BCUT2D eigenvalue weighted by Crippen LogP contribution is 2.17. The van der Waals surface area contributed by atoms with Crippen molar-refractivity contribution in [1.29, 1.82) is 5.26 Å². The van der Waals surface area contributed by atoms with Crippen molar-refractivity contribution in [2.45, 2.75) is 32.8 Å². The molecular formula is C10H15N3O2. The Kier molecular flexibility index (Phi) is 4.25. The van der Waals surface area contributed by atoms with Gasteiger partial charge < -0.3 is 9.26 Å². The predicted molar refractivity (Wildman–Crippen MR) is 52.8 cm³/mol. The Bertz CT molecular complexity index is 339. The summed E-state index contributed by atoms with van der Waals surface area (Å²) in [6, 6.07) is 2.12. The second-order valence-corrected chi connectivity index (χ2v) is 3.41. The van der Waals surface area contributed by atoms with Gasteiger partial charge in [0.15, 0.2) is 0 Å². The van der Waals surface area contributed by atoms with Gasteiger partial charge in [-0.05, 0) is 13.3 Å². The fourth-order valence-electron chi connectivity index (χ4n) is 1.24. The molecule has 0 amide bonds. The monoisotopic (exact) mass is 209 g/mol. The van der Waals surface area contributed by atoms with E-state index in [1.807, 2.05) is 13.8 Å². The van der Waals surface area contributed by atoms with E-state index in [0.29, 0.717) is 18.1 Å². The molecule has 2 unspecified atom stereocenters. The predicted octanol–water partition coefficient (Wildman–Crippen LogP) is 1.87. The maximum absolute atomic E-state index is 8.64. The third kappa shape index (κ3) is 3.03. The van der Waals surface area contributed by atoms with Crippen LogP contribution >= 0.6 is 0 Å². The van der Waals surface area contributed by atoms with Crippen molar-refractivity contribution < 1.29 is 9.26 Å². The number of methoxy groups -OCH3 is 1. The number of rotatable bonds is 5. The van der Waals surface area contributed by atoms with Gasteiger partial charge in [-0.15, -0.1) is 0 Å². The van der Waals surface area contributed by atoms with Crippen LogP contribution < -0.4 is 0 Å². The minimum absolute atomic E-state index is 0.110. The molecule has 0 aliphatic heterocycles. The summed E-state index contributed by atoms with van der Waals surface area (Å²) in [7, 11) is 1.61. The van der Waals surface area contributed by atoms with Crippen LogP contribution in [0.15, 0.2) is 4.52 Å². The summed E-state index contributed by atoms with van der Waals surface area (Å²) >= 11 is 0. The van der Waals surface area contributed by atoms with Gasteiger partial charge in [0.05, 0.1) is 12.0 Å². The second-order valence-electron chi connectivity index (χ2n) is 3.41. The molecule has 0 fully saturated rings. The molecule has 0 bridgehead atoms. The van der Waals surface area contributed by atoms with Gasteiger partial charge in [-0.3, -0.25) is 0 Å². The highest BCUT2D eigenvalue weighted by molar-refractivity contribution is 4.94. The van der Waals surface area contributed by atoms with Gasteiger partial charge >= 0.3 is 0 Å². The molecule has 1 rings (SSSR count). The highest BCUT2D eigenvalue weighted by Gasteiger charge is 2.16. The van der Waals surface area contributed by atoms with E-state index < -0.39 is 0 Å². The van der Waals surface area contributed by atoms with Crippen molar-refractivity contribution in [2.75, 3.05) is 7.11 Å². The molecule has 15 heavy (non-hydrogen) atoms. The number of nitrogens with zero attached hydrogens (tertiary/aromatic N) is 3. The van der Waals surface area contributed by atoms with Gasteiger partial charge in [0, 0.05) is 13.5 Å². The zero-order chi connectivity index (χ0) is 11.3. The zero-order valence-corrected chi connectivity index (χ0v) is 9.23. The molecule has 5 heteroatoms. The van der Waals surface area contributed by atoms with Crippen molar-refractivity contribution >= 4 is 0 Å². The molecule has 0 N–H and O–H groups in total. The summed E-state index contributed by atoms with van der Waals surface area (Å²) in [6.07, 6.45) is 1.16. The number of hydrogen-bond donors (Lipinski definition) is 0. The van der Waals surface area contributed by atoms with E-state index in [2.05, 4.69) is 16.2 Å². The van der Waals surface area contributed by atoms with E-state index in [0.717, 1.165) is 6.42 Å². The normalized spacial score (nSPS) is 14.5. The quantitative estimate of drug-likeness (QED) is 0.740. The van der Waals surface area contributed by atoms with Crippen molar-refractivity contribution in [3.05, 3.63) is 11.7 Å². The van der Waals surface area contributed by atoms with Crippen LogP contribution in [0.3, 0.4) is 0 Å².